The normalized spacial score (nSPS) is 20.9. The van der Waals surface area contributed by atoms with Crippen LogP contribution in [0, 0.1) is 5.92 Å². The Kier molecular flexibility index (Phi) is 2.74. The predicted octanol–water partition coefficient (Wildman–Crippen LogP) is 0.744. The van der Waals surface area contributed by atoms with Gasteiger partial charge in [-0.3, -0.25) is 4.79 Å². The largest absolute Gasteiger partial charge is 0.386 e. The molecule has 0 unspecified atom stereocenters. The van der Waals surface area contributed by atoms with Crippen LogP contribution in [0.3, 0.4) is 0 Å². The predicted molar refractivity (Wildman–Crippen MR) is 72.1 cm³/mol. The first-order valence-corrected chi connectivity index (χ1v) is 6.65. The van der Waals surface area contributed by atoms with E-state index in [9.17, 15) is 9.90 Å². The quantitative estimate of drug-likeness (QED) is 0.872. The van der Waals surface area contributed by atoms with Gasteiger partial charge in [-0.05, 0) is 30.9 Å². The lowest BCUT2D eigenvalue weighted by Gasteiger charge is -2.47. The Morgan fingerprint density at radius 3 is 2.58 bits per heavy atom. The second-order valence-electron chi connectivity index (χ2n) is 5.84. The van der Waals surface area contributed by atoms with Crippen molar-refractivity contribution in [2.45, 2.75) is 18.4 Å². The van der Waals surface area contributed by atoms with E-state index in [-0.39, 0.29) is 5.91 Å². The fourth-order valence-corrected chi connectivity index (χ4v) is 2.61. The molecule has 5 nitrogen and oxygen atoms in total. The van der Waals surface area contributed by atoms with Gasteiger partial charge in [-0.2, -0.15) is 0 Å². The highest BCUT2D eigenvalue weighted by atomic mass is 16.3. The highest BCUT2D eigenvalue weighted by Gasteiger charge is 2.52. The van der Waals surface area contributed by atoms with Crippen LogP contribution in [0.25, 0.3) is 0 Å². The summed E-state index contributed by atoms with van der Waals surface area (Å²) in [6.45, 7) is 1.32. The number of rotatable bonds is 3. The summed E-state index contributed by atoms with van der Waals surface area (Å²) in [4.78, 5) is 19.7. The minimum atomic E-state index is -0.500. The minimum absolute atomic E-state index is 0.0443. The summed E-state index contributed by atoms with van der Waals surface area (Å²) < 4.78 is 0. The van der Waals surface area contributed by atoms with Gasteiger partial charge in [0, 0.05) is 20.3 Å². The highest BCUT2D eigenvalue weighted by Crippen LogP contribution is 2.45. The van der Waals surface area contributed by atoms with Crippen molar-refractivity contribution in [2.75, 3.05) is 32.1 Å². The zero-order valence-corrected chi connectivity index (χ0v) is 11.3. The number of β-amino-alcohol motifs (C(OH)–C–C–N with tert-alkyl or cyclic N) is 1. The third kappa shape index (κ3) is 2.18. The van der Waals surface area contributed by atoms with E-state index in [0.717, 1.165) is 18.7 Å². The zero-order valence-electron chi connectivity index (χ0n) is 11.3. The summed E-state index contributed by atoms with van der Waals surface area (Å²) in [7, 11) is 3.45. The van der Waals surface area contributed by atoms with E-state index in [2.05, 4.69) is 9.88 Å². The van der Waals surface area contributed by atoms with Crippen LogP contribution >= 0.6 is 0 Å². The lowest BCUT2D eigenvalue weighted by molar-refractivity contribution is -0.00974. The molecule has 2 fully saturated rings. The van der Waals surface area contributed by atoms with Crippen LogP contribution in [0.15, 0.2) is 18.3 Å². The first-order chi connectivity index (χ1) is 8.99. The van der Waals surface area contributed by atoms with E-state index in [0.29, 0.717) is 24.6 Å². The summed E-state index contributed by atoms with van der Waals surface area (Å²) in [6.07, 6.45) is 3.90. The third-order valence-electron chi connectivity index (χ3n) is 3.99. The van der Waals surface area contributed by atoms with Crippen molar-refractivity contribution in [1.82, 2.24) is 9.88 Å². The van der Waals surface area contributed by atoms with Gasteiger partial charge in [0.25, 0.3) is 5.91 Å². The van der Waals surface area contributed by atoms with Gasteiger partial charge < -0.3 is 14.9 Å². The standard InChI is InChI=1S/C14H19N3O2/c1-16(2)13(18)10-3-6-12(15-7-10)17-8-14(19,9-17)11-4-5-11/h3,6-7,11,19H,4-5,8-9H2,1-2H3. The minimum Gasteiger partial charge on any atom is -0.386 e. The molecule has 0 radical (unpaired) electrons. The van der Waals surface area contributed by atoms with Crippen LogP contribution < -0.4 is 4.90 Å². The molecule has 2 heterocycles. The molecule has 102 valence electrons. The van der Waals surface area contributed by atoms with Crippen molar-refractivity contribution in [3.63, 3.8) is 0 Å². The molecular weight excluding hydrogens is 242 g/mol. The molecule has 0 spiro atoms. The Bertz CT molecular complexity index is 488. The molecule has 0 aromatic carbocycles. The van der Waals surface area contributed by atoms with Crippen LogP contribution in [0.5, 0.6) is 0 Å². The van der Waals surface area contributed by atoms with Gasteiger partial charge in [0.05, 0.1) is 18.7 Å². The fraction of sp³-hybridized carbons (Fsp3) is 0.571. The smallest absolute Gasteiger partial charge is 0.254 e. The summed E-state index contributed by atoms with van der Waals surface area (Å²) in [5.74, 6) is 1.27. The fourth-order valence-electron chi connectivity index (χ4n) is 2.61. The maximum Gasteiger partial charge on any atom is 0.254 e. The van der Waals surface area contributed by atoms with E-state index < -0.39 is 5.60 Å². The summed E-state index contributed by atoms with van der Waals surface area (Å²) in [6, 6.07) is 3.64. The van der Waals surface area contributed by atoms with Gasteiger partial charge in [0.2, 0.25) is 0 Å². The van der Waals surface area contributed by atoms with Gasteiger partial charge in [-0.25, -0.2) is 4.98 Å². The monoisotopic (exact) mass is 261 g/mol. The first-order valence-electron chi connectivity index (χ1n) is 6.65. The molecule has 0 atom stereocenters. The maximum atomic E-state index is 11.7. The van der Waals surface area contributed by atoms with Crippen molar-refractivity contribution in [2.24, 2.45) is 5.92 Å². The molecule has 1 aliphatic carbocycles. The summed E-state index contributed by atoms with van der Waals surface area (Å²) in [5, 5.41) is 10.3. The van der Waals surface area contributed by atoms with Gasteiger partial charge in [-0.1, -0.05) is 0 Å². The Balaban J connectivity index is 1.66. The van der Waals surface area contributed by atoms with E-state index in [4.69, 9.17) is 0 Å². The van der Waals surface area contributed by atoms with Crippen LogP contribution in [-0.4, -0.2) is 53.7 Å². The van der Waals surface area contributed by atoms with Crippen molar-refractivity contribution < 1.29 is 9.90 Å². The lowest BCUT2D eigenvalue weighted by Crippen LogP contribution is -2.63. The van der Waals surface area contributed by atoms with Gasteiger partial charge >= 0.3 is 0 Å². The number of hydrogen-bond acceptors (Lipinski definition) is 4. The summed E-state index contributed by atoms with van der Waals surface area (Å²) >= 11 is 0. The molecule has 1 aromatic rings. The van der Waals surface area contributed by atoms with Crippen LogP contribution in [0.2, 0.25) is 0 Å². The van der Waals surface area contributed by atoms with E-state index in [1.165, 1.54) is 4.90 Å². The Morgan fingerprint density at radius 1 is 1.42 bits per heavy atom. The molecular formula is C14H19N3O2. The number of nitrogens with zero attached hydrogens (tertiary/aromatic N) is 3. The molecule has 3 rings (SSSR count). The van der Waals surface area contributed by atoms with Crippen LogP contribution in [-0.2, 0) is 0 Å². The topological polar surface area (TPSA) is 56.7 Å². The molecule has 1 saturated heterocycles. The van der Waals surface area contributed by atoms with Crippen molar-refractivity contribution in [3.05, 3.63) is 23.9 Å². The number of aromatic nitrogens is 1. The third-order valence-corrected chi connectivity index (χ3v) is 3.99. The second-order valence-corrected chi connectivity index (χ2v) is 5.84. The summed E-state index contributed by atoms with van der Waals surface area (Å²) in [5.41, 5.74) is 0.0894. The molecule has 1 N–H and O–H groups in total. The van der Waals surface area contributed by atoms with Gasteiger partial charge in [0.1, 0.15) is 11.4 Å². The molecule has 1 aromatic heterocycles. The molecule has 2 aliphatic rings. The molecule has 5 heteroatoms. The van der Waals surface area contributed by atoms with Crippen LogP contribution in [0.4, 0.5) is 5.82 Å². The average Bonchev–Trinajstić information content (AvgIpc) is 3.18. The molecule has 1 amide bonds. The Morgan fingerprint density at radius 2 is 2.11 bits per heavy atom. The van der Waals surface area contributed by atoms with E-state index in [1.807, 2.05) is 6.07 Å². The highest BCUT2D eigenvalue weighted by molar-refractivity contribution is 5.93. The average molecular weight is 261 g/mol. The first kappa shape index (κ1) is 12.4. The van der Waals surface area contributed by atoms with Gasteiger partial charge in [0.15, 0.2) is 0 Å². The Hall–Kier alpha value is -1.62. The maximum absolute atomic E-state index is 11.7. The molecule has 1 aliphatic heterocycles. The van der Waals surface area contributed by atoms with Crippen molar-refractivity contribution in [3.8, 4) is 0 Å². The SMILES string of the molecule is CN(C)C(=O)c1ccc(N2CC(O)(C3CC3)C2)nc1. The number of amides is 1. The number of anilines is 1. The number of pyridine rings is 1. The van der Waals surface area contributed by atoms with E-state index >= 15 is 0 Å². The van der Waals surface area contributed by atoms with E-state index in [1.54, 1.807) is 26.4 Å². The number of carbonyl (C=O) groups is 1. The number of carbonyl (C=O) groups excluding carboxylic acids is 1. The molecule has 1 saturated carbocycles. The van der Waals surface area contributed by atoms with Crippen molar-refractivity contribution >= 4 is 11.7 Å². The number of aliphatic hydroxyl groups is 1. The van der Waals surface area contributed by atoms with Crippen molar-refractivity contribution in [1.29, 1.82) is 0 Å². The second kappa shape index (κ2) is 4.20. The molecule has 19 heavy (non-hydrogen) atoms. The van der Waals surface area contributed by atoms with Gasteiger partial charge in [-0.15, -0.1) is 0 Å². The lowest BCUT2D eigenvalue weighted by atomic mass is 9.89. The zero-order chi connectivity index (χ0) is 13.6. The van der Waals surface area contributed by atoms with Crippen LogP contribution in [0.1, 0.15) is 23.2 Å². The molecule has 0 bridgehead atoms. The Labute approximate surface area is 112 Å². The number of hydrogen-bond donors (Lipinski definition) is 1.